The Morgan fingerprint density at radius 2 is 1.81 bits per heavy atom. The van der Waals surface area contributed by atoms with Crippen LogP contribution in [0.1, 0.15) is 37.7 Å². The number of nitrogens with one attached hydrogen (secondary N) is 2. The molecule has 32 heavy (non-hydrogen) atoms. The molecule has 2 atom stereocenters. The van der Waals surface area contributed by atoms with Crippen molar-refractivity contribution in [1.29, 1.82) is 0 Å². The van der Waals surface area contributed by atoms with Crippen molar-refractivity contribution in [1.82, 2.24) is 10.3 Å². The van der Waals surface area contributed by atoms with Gasteiger partial charge in [-0.05, 0) is 60.7 Å². The van der Waals surface area contributed by atoms with Crippen LogP contribution in [0.2, 0.25) is 0 Å². The normalized spacial score (nSPS) is 19.1. The molecule has 0 radical (unpaired) electrons. The third kappa shape index (κ3) is 4.76. The van der Waals surface area contributed by atoms with Crippen LogP contribution in [0.25, 0.3) is 22.2 Å². The first kappa shape index (κ1) is 22.2. The van der Waals surface area contributed by atoms with Crippen molar-refractivity contribution in [3.8, 4) is 17.0 Å². The average Bonchev–Trinajstić information content (AvgIpc) is 3.16. The first-order valence-electron chi connectivity index (χ1n) is 11.0. The molecule has 0 spiro atoms. The van der Waals surface area contributed by atoms with Gasteiger partial charge in [0.05, 0.1) is 13.0 Å². The summed E-state index contributed by atoms with van der Waals surface area (Å²) >= 11 is 0. The highest BCUT2D eigenvalue weighted by atomic mass is 19.4. The molecule has 1 aliphatic rings. The molecule has 7 heteroatoms. The summed E-state index contributed by atoms with van der Waals surface area (Å²) in [6.07, 6.45) is -2.00. The standard InChI is InChI=1S/C25H27F3N2O2/c1-32-17-12-10-16(11-13-17)24-19(18-6-2-4-8-21(18)30-24)14-15-23(31)29-22-9-5-3-7-20(22)25(26,27)28/h2,4,6,8,10-13,20,22,30H,3,5,7,9,14-15H2,1H3,(H,29,31). The monoisotopic (exact) mass is 444 g/mol. The molecule has 1 fully saturated rings. The Hall–Kier alpha value is -2.96. The van der Waals surface area contributed by atoms with E-state index in [0.717, 1.165) is 33.5 Å². The van der Waals surface area contributed by atoms with Gasteiger partial charge < -0.3 is 15.0 Å². The van der Waals surface area contributed by atoms with Crippen molar-refractivity contribution in [2.24, 2.45) is 5.92 Å². The fourth-order valence-electron chi connectivity index (χ4n) is 4.68. The third-order valence-corrected chi connectivity index (χ3v) is 6.33. The highest BCUT2D eigenvalue weighted by Crippen LogP contribution is 2.38. The number of alkyl halides is 3. The van der Waals surface area contributed by atoms with Gasteiger partial charge in [0.25, 0.3) is 0 Å². The number of rotatable bonds is 6. The van der Waals surface area contributed by atoms with E-state index < -0.39 is 18.1 Å². The number of carbonyl (C=O) groups excluding carboxylic acids is 1. The minimum Gasteiger partial charge on any atom is -0.497 e. The molecule has 2 aromatic carbocycles. The molecule has 170 valence electrons. The van der Waals surface area contributed by atoms with Crippen molar-refractivity contribution in [2.45, 2.75) is 50.7 Å². The molecule has 3 aromatic rings. The number of aromatic amines is 1. The summed E-state index contributed by atoms with van der Waals surface area (Å²) in [5.41, 5.74) is 3.81. The van der Waals surface area contributed by atoms with Crippen LogP contribution >= 0.6 is 0 Å². The first-order chi connectivity index (χ1) is 15.4. The number of hydrogen-bond donors (Lipinski definition) is 2. The molecule has 0 bridgehead atoms. The molecule has 1 saturated carbocycles. The number of hydrogen-bond acceptors (Lipinski definition) is 2. The van der Waals surface area contributed by atoms with Gasteiger partial charge >= 0.3 is 6.18 Å². The molecular weight excluding hydrogens is 417 g/mol. The van der Waals surface area contributed by atoms with Crippen LogP contribution in [-0.4, -0.2) is 30.2 Å². The molecular formula is C25H27F3N2O2. The van der Waals surface area contributed by atoms with Crippen LogP contribution in [0.4, 0.5) is 13.2 Å². The summed E-state index contributed by atoms with van der Waals surface area (Å²) in [7, 11) is 1.61. The summed E-state index contributed by atoms with van der Waals surface area (Å²) in [5.74, 6) is -1.04. The lowest BCUT2D eigenvalue weighted by Gasteiger charge is -2.33. The van der Waals surface area contributed by atoms with Gasteiger partial charge in [0.1, 0.15) is 5.75 Å². The number of carbonyl (C=O) groups is 1. The van der Waals surface area contributed by atoms with Crippen LogP contribution in [0, 0.1) is 5.92 Å². The number of aryl methyl sites for hydroxylation is 1. The number of H-pyrrole nitrogens is 1. The van der Waals surface area contributed by atoms with Gasteiger partial charge in [-0.15, -0.1) is 0 Å². The zero-order valence-corrected chi connectivity index (χ0v) is 18.0. The Morgan fingerprint density at radius 3 is 2.53 bits per heavy atom. The van der Waals surface area contributed by atoms with E-state index in [1.807, 2.05) is 48.5 Å². The molecule has 0 aliphatic heterocycles. The average molecular weight is 444 g/mol. The fourth-order valence-corrected chi connectivity index (χ4v) is 4.68. The Labute approximate surface area is 185 Å². The molecule has 0 saturated heterocycles. The number of para-hydroxylation sites is 1. The zero-order chi connectivity index (χ0) is 22.7. The van der Waals surface area contributed by atoms with E-state index in [-0.39, 0.29) is 18.7 Å². The van der Waals surface area contributed by atoms with Gasteiger partial charge in [-0.1, -0.05) is 31.0 Å². The predicted octanol–water partition coefficient (Wildman–Crippen LogP) is 6.01. The van der Waals surface area contributed by atoms with Crippen molar-refractivity contribution < 1.29 is 22.7 Å². The molecule has 4 rings (SSSR count). The maximum Gasteiger partial charge on any atom is 0.393 e. The zero-order valence-electron chi connectivity index (χ0n) is 18.0. The molecule has 1 aliphatic carbocycles. The molecule has 1 aromatic heterocycles. The van der Waals surface area contributed by atoms with E-state index in [1.54, 1.807) is 7.11 Å². The number of fused-ring (bicyclic) bond motifs is 1. The summed E-state index contributed by atoms with van der Waals surface area (Å²) in [6.45, 7) is 0. The molecule has 2 N–H and O–H groups in total. The summed E-state index contributed by atoms with van der Waals surface area (Å²) in [6, 6.07) is 14.7. The van der Waals surface area contributed by atoms with Crippen LogP contribution in [0.3, 0.4) is 0 Å². The van der Waals surface area contributed by atoms with Gasteiger partial charge in [0, 0.05) is 29.1 Å². The van der Waals surface area contributed by atoms with Crippen LogP contribution < -0.4 is 10.1 Å². The van der Waals surface area contributed by atoms with E-state index in [9.17, 15) is 18.0 Å². The molecule has 1 heterocycles. The van der Waals surface area contributed by atoms with E-state index in [1.165, 1.54) is 0 Å². The second kappa shape index (κ2) is 9.27. The topological polar surface area (TPSA) is 54.1 Å². The van der Waals surface area contributed by atoms with E-state index in [4.69, 9.17) is 4.74 Å². The summed E-state index contributed by atoms with van der Waals surface area (Å²) in [4.78, 5) is 16.1. The fraction of sp³-hybridized carbons (Fsp3) is 0.400. The number of amides is 1. The SMILES string of the molecule is COc1ccc(-c2[nH]c3ccccc3c2CCC(=O)NC2CCCCC2C(F)(F)F)cc1. The largest absolute Gasteiger partial charge is 0.497 e. The van der Waals surface area contributed by atoms with Crippen molar-refractivity contribution in [2.75, 3.05) is 7.11 Å². The minimum atomic E-state index is -4.28. The van der Waals surface area contributed by atoms with Crippen molar-refractivity contribution in [3.63, 3.8) is 0 Å². The highest BCUT2D eigenvalue weighted by Gasteiger charge is 2.45. The molecule has 1 amide bonds. The van der Waals surface area contributed by atoms with E-state index >= 15 is 0 Å². The Balaban J connectivity index is 1.53. The molecule has 4 nitrogen and oxygen atoms in total. The van der Waals surface area contributed by atoms with Gasteiger partial charge in [-0.25, -0.2) is 0 Å². The number of benzene rings is 2. The highest BCUT2D eigenvalue weighted by molar-refractivity contribution is 5.91. The molecule has 2 unspecified atom stereocenters. The maximum atomic E-state index is 13.4. The number of ether oxygens (including phenoxy) is 1. The lowest BCUT2D eigenvalue weighted by Crippen LogP contribution is -2.47. The first-order valence-corrected chi connectivity index (χ1v) is 11.0. The van der Waals surface area contributed by atoms with Gasteiger partial charge in [-0.2, -0.15) is 13.2 Å². The quantitative estimate of drug-likeness (QED) is 0.489. The third-order valence-electron chi connectivity index (χ3n) is 6.33. The second-order valence-corrected chi connectivity index (χ2v) is 8.36. The number of aromatic nitrogens is 1. The van der Waals surface area contributed by atoms with E-state index in [2.05, 4.69) is 10.3 Å². The Morgan fingerprint density at radius 1 is 1.09 bits per heavy atom. The lowest BCUT2D eigenvalue weighted by molar-refractivity contribution is -0.189. The van der Waals surface area contributed by atoms with Gasteiger partial charge in [-0.3, -0.25) is 4.79 Å². The Bertz CT molecular complexity index is 1070. The minimum absolute atomic E-state index is 0.0819. The number of halogens is 3. The maximum absolute atomic E-state index is 13.4. The lowest BCUT2D eigenvalue weighted by atomic mass is 9.84. The smallest absolute Gasteiger partial charge is 0.393 e. The van der Waals surface area contributed by atoms with Gasteiger partial charge in [0.2, 0.25) is 5.91 Å². The second-order valence-electron chi connectivity index (χ2n) is 8.36. The number of methoxy groups -OCH3 is 1. The van der Waals surface area contributed by atoms with Crippen LogP contribution in [0.15, 0.2) is 48.5 Å². The Kier molecular flexibility index (Phi) is 6.44. The summed E-state index contributed by atoms with van der Waals surface area (Å²) < 4.78 is 45.3. The van der Waals surface area contributed by atoms with Crippen molar-refractivity contribution in [3.05, 3.63) is 54.1 Å². The van der Waals surface area contributed by atoms with E-state index in [0.29, 0.717) is 25.7 Å². The summed E-state index contributed by atoms with van der Waals surface area (Å²) in [5, 5.41) is 3.69. The van der Waals surface area contributed by atoms with Gasteiger partial charge in [0.15, 0.2) is 0 Å². The van der Waals surface area contributed by atoms with Crippen LogP contribution in [-0.2, 0) is 11.2 Å². The predicted molar refractivity (Wildman–Crippen MR) is 119 cm³/mol. The van der Waals surface area contributed by atoms with Crippen molar-refractivity contribution >= 4 is 16.8 Å². The van der Waals surface area contributed by atoms with Crippen LogP contribution in [0.5, 0.6) is 5.75 Å².